The summed E-state index contributed by atoms with van der Waals surface area (Å²) in [7, 11) is 0. The fourth-order valence-electron chi connectivity index (χ4n) is 3.30. The maximum Gasteiger partial charge on any atom is 0.369 e. The SMILES string of the molecule is Cc1cc(C)cc(Oc2c(C(C)C)c(=O)n(O)c(=O)n2COCc2ccc(F)cc2)c1. The van der Waals surface area contributed by atoms with E-state index in [-0.39, 0.29) is 41.2 Å². The zero-order valence-corrected chi connectivity index (χ0v) is 17.9. The molecule has 0 fully saturated rings. The molecule has 0 aliphatic carbocycles. The Bertz CT molecular complexity index is 1180. The molecule has 164 valence electrons. The van der Waals surface area contributed by atoms with E-state index >= 15 is 0 Å². The van der Waals surface area contributed by atoms with Crippen molar-refractivity contribution >= 4 is 0 Å². The summed E-state index contributed by atoms with van der Waals surface area (Å²) < 4.78 is 25.8. The fourth-order valence-corrected chi connectivity index (χ4v) is 3.30. The van der Waals surface area contributed by atoms with E-state index in [4.69, 9.17) is 9.47 Å². The van der Waals surface area contributed by atoms with E-state index in [0.29, 0.717) is 11.3 Å². The first-order valence-corrected chi connectivity index (χ1v) is 9.84. The molecule has 1 N–H and O–H groups in total. The summed E-state index contributed by atoms with van der Waals surface area (Å²) in [5.74, 6) is -0.227. The number of nitrogens with zero attached hydrogens (tertiary/aromatic N) is 2. The lowest BCUT2D eigenvalue weighted by Gasteiger charge is -2.19. The summed E-state index contributed by atoms with van der Waals surface area (Å²) >= 11 is 0. The first-order valence-electron chi connectivity index (χ1n) is 9.84. The summed E-state index contributed by atoms with van der Waals surface area (Å²) in [6, 6.07) is 11.3. The number of hydrogen-bond acceptors (Lipinski definition) is 5. The fraction of sp³-hybridized carbons (Fsp3) is 0.304. The smallest absolute Gasteiger partial charge is 0.369 e. The van der Waals surface area contributed by atoms with Crippen LogP contribution in [0, 0.1) is 19.7 Å². The monoisotopic (exact) mass is 428 g/mol. The first kappa shape index (κ1) is 22.3. The molecule has 0 aliphatic rings. The first-order chi connectivity index (χ1) is 14.7. The maximum atomic E-state index is 13.1. The van der Waals surface area contributed by atoms with Crippen LogP contribution in [0.2, 0.25) is 0 Å². The van der Waals surface area contributed by atoms with Crippen molar-refractivity contribution in [2.45, 2.75) is 47.0 Å². The number of aromatic nitrogens is 2. The van der Waals surface area contributed by atoms with Crippen LogP contribution in [0.4, 0.5) is 4.39 Å². The number of ether oxygens (including phenoxy) is 2. The molecule has 0 spiro atoms. The highest BCUT2D eigenvalue weighted by Gasteiger charge is 2.23. The third-order valence-electron chi connectivity index (χ3n) is 4.70. The summed E-state index contributed by atoms with van der Waals surface area (Å²) in [4.78, 5) is 25.3. The number of halogens is 1. The van der Waals surface area contributed by atoms with Crippen molar-refractivity contribution in [1.82, 2.24) is 9.30 Å². The number of benzene rings is 2. The Hall–Kier alpha value is -3.39. The molecule has 0 saturated carbocycles. The van der Waals surface area contributed by atoms with E-state index in [1.165, 1.54) is 12.1 Å². The van der Waals surface area contributed by atoms with Crippen molar-refractivity contribution in [2.24, 2.45) is 0 Å². The Morgan fingerprint density at radius 1 is 1.03 bits per heavy atom. The normalized spacial score (nSPS) is 11.2. The summed E-state index contributed by atoms with van der Waals surface area (Å²) in [5, 5.41) is 10.1. The van der Waals surface area contributed by atoms with Gasteiger partial charge in [-0.25, -0.2) is 13.8 Å². The third-order valence-corrected chi connectivity index (χ3v) is 4.70. The van der Waals surface area contributed by atoms with Gasteiger partial charge in [0.25, 0.3) is 5.56 Å². The number of hydrogen-bond donors (Lipinski definition) is 1. The van der Waals surface area contributed by atoms with Crippen molar-refractivity contribution in [1.29, 1.82) is 0 Å². The summed E-state index contributed by atoms with van der Waals surface area (Å²) in [5.41, 5.74) is 0.942. The van der Waals surface area contributed by atoms with Gasteiger partial charge < -0.3 is 14.7 Å². The van der Waals surface area contributed by atoms with Gasteiger partial charge in [0.05, 0.1) is 12.2 Å². The Morgan fingerprint density at radius 2 is 1.65 bits per heavy atom. The molecule has 0 aliphatic heterocycles. The zero-order valence-electron chi connectivity index (χ0n) is 17.9. The molecular formula is C23H25FN2O5. The average Bonchev–Trinajstić information content (AvgIpc) is 2.69. The van der Waals surface area contributed by atoms with Crippen molar-refractivity contribution in [2.75, 3.05) is 0 Å². The van der Waals surface area contributed by atoms with E-state index in [0.717, 1.165) is 15.7 Å². The van der Waals surface area contributed by atoms with Crippen LogP contribution >= 0.6 is 0 Å². The molecule has 0 amide bonds. The molecule has 1 aromatic heterocycles. The van der Waals surface area contributed by atoms with Gasteiger partial charge in [0.15, 0.2) is 0 Å². The van der Waals surface area contributed by atoms with Gasteiger partial charge in [0.1, 0.15) is 18.3 Å². The minimum absolute atomic E-state index is 0.0133. The second-order valence-corrected chi connectivity index (χ2v) is 7.73. The zero-order chi connectivity index (χ0) is 22.7. The molecule has 0 unspecified atom stereocenters. The molecular weight excluding hydrogens is 403 g/mol. The van der Waals surface area contributed by atoms with Crippen molar-refractivity contribution in [3.05, 3.63) is 91.4 Å². The van der Waals surface area contributed by atoms with Crippen LogP contribution in [-0.2, 0) is 18.1 Å². The molecule has 0 saturated heterocycles. The average molecular weight is 428 g/mol. The minimum Gasteiger partial charge on any atom is -0.440 e. The maximum absolute atomic E-state index is 13.1. The molecule has 31 heavy (non-hydrogen) atoms. The molecule has 8 heteroatoms. The second-order valence-electron chi connectivity index (χ2n) is 7.73. The van der Waals surface area contributed by atoms with Gasteiger partial charge in [0, 0.05) is 0 Å². The molecule has 3 rings (SSSR count). The van der Waals surface area contributed by atoms with E-state index in [2.05, 4.69) is 0 Å². The lowest BCUT2D eigenvalue weighted by Crippen LogP contribution is -2.41. The number of rotatable bonds is 7. The summed E-state index contributed by atoms with van der Waals surface area (Å²) in [6.07, 6.45) is 0. The highest BCUT2D eigenvalue weighted by molar-refractivity contribution is 5.38. The van der Waals surface area contributed by atoms with E-state index < -0.39 is 11.2 Å². The van der Waals surface area contributed by atoms with Crippen LogP contribution in [0.25, 0.3) is 0 Å². The Morgan fingerprint density at radius 3 is 2.23 bits per heavy atom. The quantitative estimate of drug-likeness (QED) is 0.573. The topological polar surface area (TPSA) is 82.7 Å². The van der Waals surface area contributed by atoms with Crippen LogP contribution in [0.5, 0.6) is 11.6 Å². The standard InChI is InChI=1S/C23H25FN2O5/c1-14(2)20-21(27)26(29)23(28)25(13-30-12-17-5-7-18(24)8-6-17)22(20)31-19-10-15(3)9-16(4)11-19/h5-11,14,29H,12-13H2,1-4H3. The predicted octanol–water partition coefficient (Wildman–Crippen LogP) is 4.09. The number of aryl methyl sites for hydroxylation is 2. The Balaban J connectivity index is 2.02. The lowest BCUT2D eigenvalue weighted by molar-refractivity contribution is 0.0467. The molecule has 2 aromatic carbocycles. The van der Waals surface area contributed by atoms with E-state index in [9.17, 15) is 19.2 Å². The van der Waals surface area contributed by atoms with Crippen molar-refractivity contribution in [3.8, 4) is 11.6 Å². The third kappa shape index (κ3) is 5.03. The van der Waals surface area contributed by atoms with Gasteiger partial charge in [-0.2, -0.15) is 0 Å². The van der Waals surface area contributed by atoms with Crippen molar-refractivity contribution < 1.29 is 19.1 Å². The predicted molar refractivity (Wildman–Crippen MR) is 113 cm³/mol. The second kappa shape index (κ2) is 9.18. The Labute approximate surface area is 178 Å². The largest absolute Gasteiger partial charge is 0.440 e. The van der Waals surface area contributed by atoms with Crippen LogP contribution in [0.3, 0.4) is 0 Å². The van der Waals surface area contributed by atoms with Crippen LogP contribution < -0.4 is 16.0 Å². The lowest BCUT2D eigenvalue weighted by atomic mass is 10.1. The van der Waals surface area contributed by atoms with Crippen LogP contribution in [0.15, 0.2) is 52.1 Å². The molecule has 1 heterocycles. The molecule has 7 nitrogen and oxygen atoms in total. The van der Waals surface area contributed by atoms with Gasteiger partial charge in [-0.05, 0) is 60.7 Å². The highest BCUT2D eigenvalue weighted by Crippen LogP contribution is 2.28. The van der Waals surface area contributed by atoms with Crippen LogP contribution in [0.1, 0.15) is 42.0 Å². The minimum atomic E-state index is -0.979. The molecule has 0 bridgehead atoms. The van der Waals surface area contributed by atoms with Crippen molar-refractivity contribution in [3.63, 3.8) is 0 Å². The van der Waals surface area contributed by atoms with Gasteiger partial charge >= 0.3 is 5.69 Å². The summed E-state index contributed by atoms with van der Waals surface area (Å²) in [6.45, 7) is 7.16. The van der Waals surface area contributed by atoms with Gasteiger partial charge in [-0.1, -0.05) is 36.8 Å². The van der Waals surface area contributed by atoms with Gasteiger partial charge in [-0.3, -0.25) is 4.79 Å². The highest BCUT2D eigenvalue weighted by atomic mass is 19.1. The van der Waals surface area contributed by atoms with Gasteiger partial charge in [0.2, 0.25) is 5.88 Å². The molecule has 3 aromatic rings. The molecule has 0 atom stereocenters. The van der Waals surface area contributed by atoms with E-state index in [1.807, 2.05) is 19.9 Å². The Kier molecular flexibility index (Phi) is 6.60. The van der Waals surface area contributed by atoms with E-state index in [1.54, 1.807) is 38.1 Å². The van der Waals surface area contributed by atoms with Crippen LogP contribution in [-0.4, -0.2) is 14.5 Å². The van der Waals surface area contributed by atoms with Gasteiger partial charge in [-0.15, -0.1) is 0 Å². The molecule has 0 radical (unpaired) electrons.